The monoisotopic (exact) mass is 1980 g/mol. The number of phosphoric acid groups is 1. The Hall–Kier alpha value is 6.77. The second-order valence-electron chi connectivity index (χ2n) is 0.447. The van der Waals surface area contributed by atoms with E-state index in [-0.39, 0.29) is 474 Å². The predicted octanol–water partition coefficient (Wildman–Crippen LogP) is -30.9. The van der Waals surface area contributed by atoms with Crippen molar-refractivity contribution in [3.8, 4) is 0 Å². The van der Waals surface area contributed by atoms with Crippen molar-refractivity contribution in [2.45, 2.75) is 0 Å². The molecule has 80 N–H and O–H groups in total. The predicted molar refractivity (Wildman–Crippen MR) is 151 cm³/mol. The Kier molecular flexibility index (Phi) is 55800. The Morgan fingerprint density at radius 3 is 0.175 bits per heavy atom. The third kappa shape index (κ3) is 5060. The molecule has 57 heteroatoms. The van der Waals surface area contributed by atoms with E-state index in [0.29, 0.717) is 0 Å². The molecule has 0 aliphatic rings. The molecule has 44 nitrogen and oxygen atoms in total. The van der Waals surface area contributed by atoms with Crippen LogP contribution in [0, 0.1) is 0 Å². The van der Waals surface area contributed by atoms with Crippen LogP contribution in [0.2, 0.25) is 0 Å². The Balaban J connectivity index is -0.0000000000603. The molecule has 0 aromatic carbocycles. The van der Waals surface area contributed by atoms with Crippen molar-refractivity contribution in [3.63, 3.8) is 0 Å². The van der Waals surface area contributed by atoms with Gasteiger partial charge in [0.2, 0.25) is 0 Å². The number of hydrogen-bond donors (Lipinski definition) is 3. The van der Waals surface area contributed by atoms with Gasteiger partial charge >= 0.3 is 0 Å². The number of rotatable bonds is 0. The topological polar surface area (TPSA) is 1350 Å². The fourth-order valence-corrected chi connectivity index (χ4v) is 0. The van der Waals surface area contributed by atoms with E-state index in [4.69, 9.17) is 19.2 Å². The zero-order valence-corrected chi connectivity index (χ0v) is 52.4. The van der Waals surface area contributed by atoms with Gasteiger partial charge in [-0.3, -0.25) is 0 Å². The SMILES string of the molecule is N.N.N.O.O.O.O.O.O.O.O.O.O.O.O.O.O.O.O.O.O.O.O.O.O.O.O.O.O.O.O.O.O.O.O.O.O.O=P([O-])([O-])[O-].[Mo].[Mo].[Mo].[Mo].[Mo].[Mo].[Mo].[Mo].[Mo].[Mo].[Mo].[Mo].[OH-].[OH-].[OH-]. The van der Waals surface area contributed by atoms with E-state index in [2.05, 4.69) is 0 Å². The first-order chi connectivity index (χ1) is 2.00. The van der Waals surface area contributed by atoms with Gasteiger partial charge < -0.3 is 240 Å². The van der Waals surface area contributed by atoms with Crippen molar-refractivity contribution in [1.29, 1.82) is 0 Å². The second kappa shape index (κ2) is 1470. The van der Waals surface area contributed by atoms with Gasteiger partial charge in [0.25, 0.3) is 0 Å². The normalized spacial score (nSPS) is 1.04. The molecule has 0 heterocycles. The maximum Gasteiger partial charge on any atom is 0 e. The standard InChI is InChI=1S/12Mo.3H3N.H3O4P.37H2O/c;;;;;;;;;;;;;;;1-5(2,3)4;;;;;;;;;;;;;;;;;;;;;;;;;;;;;;;;;;;;;/h;;;;;;;;;;;;3*1H3;(H3,1,2,3,4);37*1H2/p-6. The Morgan fingerprint density at radius 1 is 0.175 bits per heavy atom. The summed E-state index contributed by atoms with van der Waals surface area (Å²) < 4.78 is 8.55. The maximum atomic E-state index is 8.55. The van der Waals surface area contributed by atoms with Crippen LogP contribution in [-0.2, 0) is 257 Å². The van der Waals surface area contributed by atoms with Crippen LogP contribution in [0.15, 0.2) is 0 Å². The van der Waals surface area contributed by atoms with Gasteiger partial charge in [-0.05, 0) is 0 Å². The van der Waals surface area contributed by atoms with Gasteiger partial charge in [0.1, 0.15) is 0 Å². The van der Waals surface area contributed by atoms with Crippen LogP contribution in [0.1, 0.15) is 0 Å². The van der Waals surface area contributed by atoms with Crippen molar-refractivity contribution in [3.05, 3.63) is 0 Å². The van der Waals surface area contributed by atoms with E-state index >= 15 is 0 Å². The fourth-order valence-electron chi connectivity index (χ4n) is 0. The van der Waals surface area contributed by atoms with Gasteiger partial charge in [0.05, 0.1) is 0 Å². The third-order valence-corrected chi connectivity index (χ3v) is 0. The van der Waals surface area contributed by atoms with Gasteiger partial charge in [-0.2, -0.15) is 7.82 Å². The summed E-state index contributed by atoms with van der Waals surface area (Å²) in [4.78, 5) is 25.6. The summed E-state index contributed by atoms with van der Waals surface area (Å²) in [5.41, 5.74) is 0. The molecule has 57 heavy (non-hydrogen) atoms. The van der Waals surface area contributed by atoms with Crippen LogP contribution >= 0.6 is 7.82 Å². The van der Waals surface area contributed by atoms with Crippen LogP contribution in [0.3, 0.4) is 0 Å². The van der Waals surface area contributed by atoms with E-state index in [1.807, 2.05) is 0 Å². The zero-order chi connectivity index (χ0) is 4.50. The summed E-state index contributed by atoms with van der Waals surface area (Å²) in [6.45, 7) is 0. The van der Waals surface area contributed by atoms with Gasteiger partial charge in [-0.1, -0.05) is 0 Å². The van der Waals surface area contributed by atoms with E-state index in [1.54, 1.807) is 0 Å². The average Bonchev–Trinajstić information content (AvgIpc) is 0.722. The van der Waals surface area contributed by atoms with Gasteiger partial charge in [-0.25, -0.2) is 0 Å². The molecule has 0 saturated carbocycles. The summed E-state index contributed by atoms with van der Waals surface area (Å²) in [6, 6.07) is 0. The molecule has 424 valence electrons. The summed E-state index contributed by atoms with van der Waals surface area (Å²) in [5.74, 6) is 0. The molecule has 0 amide bonds. The Labute approximate surface area is 494 Å². The van der Waals surface area contributed by atoms with Crippen LogP contribution in [-0.4, -0.2) is 203 Å². The molecule has 0 aromatic rings. The largest absolute Gasteiger partial charge is 0.870 e. The van der Waals surface area contributed by atoms with Crippen molar-refractivity contribution in [1.82, 2.24) is 18.5 Å². The smallest absolute Gasteiger partial charge is 0 e. The molecule has 0 radical (unpaired) electrons. The quantitative estimate of drug-likeness (QED) is 0.152. The van der Waals surface area contributed by atoms with E-state index in [0.717, 1.165) is 0 Å². The first-order valence-electron chi connectivity index (χ1n) is 0.730. The minimum absolute atomic E-state index is 0. The molecule has 0 spiro atoms. The van der Waals surface area contributed by atoms with Gasteiger partial charge in [0.15, 0.2) is 0 Å². The van der Waals surface area contributed by atoms with Crippen molar-refractivity contribution in [2.24, 2.45) is 0 Å². The van der Waals surface area contributed by atoms with Crippen LogP contribution in [0.5, 0.6) is 0 Å². The van der Waals surface area contributed by atoms with Gasteiger partial charge in [-0.15, -0.1) is 0 Å². The molecule has 0 aromatic heterocycles. The average molecular weight is 1960 g/mol. The minimum atomic E-state index is -5.39. The summed E-state index contributed by atoms with van der Waals surface area (Å²) in [5, 5.41) is 0. The summed E-state index contributed by atoms with van der Waals surface area (Å²) in [7, 11) is -5.39. The molecule has 0 bridgehead atoms. The molecule has 0 rings (SSSR count). The third-order valence-electron chi connectivity index (χ3n) is 0. The Bertz CT molecular complexity index is 111. The number of hydrogen-bond acceptors (Lipinski definition) is 10. The first-order valence-corrected chi connectivity index (χ1v) is 2.19. The second-order valence-corrected chi connectivity index (χ2v) is 1.34. The summed E-state index contributed by atoms with van der Waals surface area (Å²) in [6.07, 6.45) is 0. The molecule has 0 saturated heterocycles. The zero-order valence-electron chi connectivity index (χ0n) is 27.4. The minimum Gasteiger partial charge on any atom is -0.870 e. The van der Waals surface area contributed by atoms with Crippen molar-refractivity contribution >= 4 is 7.82 Å². The van der Waals surface area contributed by atoms with Crippen molar-refractivity contribution in [2.75, 3.05) is 0 Å². The van der Waals surface area contributed by atoms with Crippen LogP contribution in [0.25, 0.3) is 0 Å². The molecule has 0 fully saturated rings. The molecular weight excluding hydrogens is 1880 g/mol. The van der Waals surface area contributed by atoms with E-state index in [1.165, 1.54) is 0 Å². The maximum absolute atomic E-state index is 8.55. The Morgan fingerprint density at radius 2 is 0.175 bits per heavy atom. The van der Waals surface area contributed by atoms with E-state index in [9.17, 15) is 0 Å². The molecule has 0 unspecified atom stereocenters. The van der Waals surface area contributed by atoms with Crippen LogP contribution in [0.4, 0.5) is 0 Å². The molecular formula is H80Mo12N3O41P-6. The summed E-state index contributed by atoms with van der Waals surface area (Å²) >= 11 is 0. The first kappa shape index (κ1) is 2170. The molecule has 0 atom stereocenters. The van der Waals surface area contributed by atoms with Crippen molar-refractivity contribution < 1.29 is 475 Å². The molecule has 0 aliphatic heterocycles. The fraction of sp³-hybridized carbons (Fsp3) is 0. The van der Waals surface area contributed by atoms with Crippen LogP contribution < -0.4 is 33.1 Å². The van der Waals surface area contributed by atoms with E-state index < -0.39 is 7.82 Å². The molecule has 0 aliphatic carbocycles. The van der Waals surface area contributed by atoms with Gasteiger partial charge in [0, 0.05) is 253 Å².